The Balaban J connectivity index is 1.77. The number of nitrogens with zero attached hydrogens (tertiary/aromatic N) is 3. The molecule has 1 atom stereocenters. The van der Waals surface area contributed by atoms with Gasteiger partial charge in [-0.15, -0.1) is 0 Å². The summed E-state index contributed by atoms with van der Waals surface area (Å²) in [5.74, 6) is 2.61. The lowest BCUT2D eigenvalue weighted by Crippen LogP contribution is -2.47. The number of ether oxygens (including phenoxy) is 2. The number of methoxy groups -OCH3 is 1. The fourth-order valence-corrected chi connectivity index (χ4v) is 4.03. The SMILES string of the molecule is CCOc1ccc(-c2noc(C3=C(C)N(CC(C)C)C(=O)NC3c3cccc(OC)c3)n2)cc1. The maximum atomic E-state index is 13.0. The highest BCUT2D eigenvalue weighted by molar-refractivity contribution is 5.87. The molecule has 0 radical (unpaired) electrons. The number of rotatable bonds is 8. The van der Waals surface area contributed by atoms with Crippen LogP contribution in [0.3, 0.4) is 0 Å². The summed E-state index contributed by atoms with van der Waals surface area (Å²) in [6.07, 6.45) is 0. The van der Waals surface area contributed by atoms with E-state index < -0.39 is 6.04 Å². The zero-order valence-corrected chi connectivity index (χ0v) is 20.2. The predicted octanol–water partition coefficient (Wildman–Crippen LogP) is 5.30. The molecule has 1 aliphatic heterocycles. The number of benzene rings is 2. The van der Waals surface area contributed by atoms with E-state index in [4.69, 9.17) is 19.0 Å². The molecule has 0 fully saturated rings. The lowest BCUT2D eigenvalue weighted by molar-refractivity contribution is 0.199. The van der Waals surface area contributed by atoms with Crippen molar-refractivity contribution in [2.24, 2.45) is 5.92 Å². The molecule has 8 nitrogen and oxygen atoms in total. The fourth-order valence-electron chi connectivity index (χ4n) is 4.03. The summed E-state index contributed by atoms with van der Waals surface area (Å²) in [6.45, 7) is 9.19. The van der Waals surface area contributed by atoms with Crippen molar-refractivity contribution in [3.05, 3.63) is 65.7 Å². The minimum absolute atomic E-state index is 0.158. The minimum Gasteiger partial charge on any atom is -0.497 e. The third-order valence-electron chi connectivity index (χ3n) is 5.65. The van der Waals surface area contributed by atoms with Gasteiger partial charge in [-0.2, -0.15) is 4.98 Å². The van der Waals surface area contributed by atoms with Crippen molar-refractivity contribution in [3.63, 3.8) is 0 Å². The van der Waals surface area contributed by atoms with Crippen LogP contribution in [0.4, 0.5) is 4.79 Å². The van der Waals surface area contributed by atoms with Gasteiger partial charge in [-0.1, -0.05) is 31.1 Å². The van der Waals surface area contributed by atoms with E-state index in [1.54, 1.807) is 12.0 Å². The second kappa shape index (κ2) is 9.99. The zero-order chi connectivity index (χ0) is 24.2. The van der Waals surface area contributed by atoms with E-state index in [1.807, 2.05) is 62.4 Å². The van der Waals surface area contributed by atoms with Gasteiger partial charge in [0.05, 0.1) is 25.3 Å². The molecule has 1 unspecified atom stereocenters. The lowest BCUT2D eigenvalue weighted by atomic mass is 9.94. The third-order valence-corrected chi connectivity index (χ3v) is 5.65. The molecule has 0 aliphatic carbocycles. The van der Waals surface area contributed by atoms with E-state index in [0.717, 1.165) is 28.1 Å². The van der Waals surface area contributed by atoms with Gasteiger partial charge in [0.2, 0.25) is 5.82 Å². The van der Waals surface area contributed by atoms with Gasteiger partial charge in [0.1, 0.15) is 11.5 Å². The van der Waals surface area contributed by atoms with E-state index in [2.05, 4.69) is 24.3 Å². The highest BCUT2D eigenvalue weighted by Crippen LogP contribution is 2.38. The maximum Gasteiger partial charge on any atom is 0.322 e. The summed E-state index contributed by atoms with van der Waals surface area (Å²) in [4.78, 5) is 19.5. The van der Waals surface area contributed by atoms with Crippen molar-refractivity contribution in [3.8, 4) is 22.9 Å². The Morgan fingerprint density at radius 1 is 1.15 bits per heavy atom. The summed E-state index contributed by atoms with van der Waals surface area (Å²) in [6, 6.07) is 14.5. The van der Waals surface area contributed by atoms with Crippen LogP contribution in [0.5, 0.6) is 11.5 Å². The molecule has 1 aromatic heterocycles. The summed E-state index contributed by atoms with van der Waals surface area (Å²) in [5.41, 5.74) is 3.23. The minimum atomic E-state index is -0.459. The zero-order valence-electron chi connectivity index (χ0n) is 20.2. The van der Waals surface area contributed by atoms with Crippen molar-refractivity contribution in [2.75, 3.05) is 20.3 Å². The van der Waals surface area contributed by atoms with E-state index in [9.17, 15) is 4.79 Å². The molecule has 2 heterocycles. The topological polar surface area (TPSA) is 89.7 Å². The number of amides is 2. The van der Waals surface area contributed by atoms with Crippen LogP contribution in [0.2, 0.25) is 0 Å². The molecule has 3 aromatic rings. The fraction of sp³-hybridized carbons (Fsp3) is 0.346. The molecule has 8 heteroatoms. The van der Waals surface area contributed by atoms with Gasteiger partial charge in [-0.3, -0.25) is 4.90 Å². The molecule has 1 N–H and O–H groups in total. The van der Waals surface area contributed by atoms with Gasteiger partial charge >= 0.3 is 6.03 Å². The quantitative estimate of drug-likeness (QED) is 0.489. The second-order valence-corrected chi connectivity index (χ2v) is 8.54. The Morgan fingerprint density at radius 3 is 2.59 bits per heavy atom. The molecule has 2 aromatic carbocycles. The van der Waals surface area contributed by atoms with Crippen LogP contribution in [0.15, 0.2) is 58.8 Å². The molecule has 0 saturated heterocycles. The molecular weight excluding hydrogens is 432 g/mol. The summed E-state index contributed by atoms with van der Waals surface area (Å²) >= 11 is 0. The number of allylic oxidation sites excluding steroid dienone is 1. The molecule has 4 rings (SSSR count). The molecule has 0 spiro atoms. The molecule has 1 aliphatic rings. The largest absolute Gasteiger partial charge is 0.497 e. The van der Waals surface area contributed by atoms with Crippen LogP contribution in [-0.4, -0.2) is 41.3 Å². The number of aromatic nitrogens is 2. The van der Waals surface area contributed by atoms with E-state index >= 15 is 0 Å². The Labute approximate surface area is 199 Å². The molecule has 178 valence electrons. The number of urea groups is 1. The van der Waals surface area contributed by atoms with Crippen LogP contribution in [0.25, 0.3) is 17.0 Å². The van der Waals surface area contributed by atoms with E-state index in [-0.39, 0.29) is 11.9 Å². The van der Waals surface area contributed by atoms with Crippen molar-refractivity contribution in [1.29, 1.82) is 0 Å². The summed E-state index contributed by atoms with van der Waals surface area (Å²) in [7, 11) is 1.62. The van der Waals surface area contributed by atoms with Gasteiger partial charge in [0, 0.05) is 17.8 Å². The van der Waals surface area contributed by atoms with Crippen molar-refractivity contribution >= 4 is 11.6 Å². The Hall–Kier alpha value is -3.81. The number of hydrogen-bond donors (Lipinski definition) is 1. The first-order valence-electron chi connectivity index (χ1n) is 11.4. The number of carbonyl (C=O) groups excluding carboxylic acids is 1. The smallest absolute Gasteiger partial charge is 0.322 e. The van der Waals surface area contributed by atoms with Crippen molar-refractivity contribution < 1.29 is 18.8 Å². The number of hydrogen-bond acceptors (Lipinski definition) is 6. The Bertz CT molecular complexity index is 1180. The van der Waals surface area contributed by atoms with E-state index in [1.165, 1.54) is 0 Å². The molecule has 0 saturated carbocycles. The maximum absolute atomic E-state index is 13.0. The average Bonchev–Trinajstić information content (AvgIpc) is 3.31. The average molecular weight is 463 g/mol. The first-order valence-corrected chi connectivity index (χ1v) is 11.4. The highest BCUT2D eigenvalue weighted by Gasteiger charge is 2.36. The first kappa shape index (κ1) is 23.4. The Kier molecular flexibility index (Phi) is 6.86. The van der Waals surface area contributed by atoms with Crippen molar-refractivity contribution in [2.45, 2.75) is 33.7 Å². The molecule has 0 bridgehead atoms. The monoisotopic (exact) mass is 462 g/mol. The van der Waals surface area contributed by atoms with Crippen LogP contribution in [0, 0.1) is 5.92 Å². The van der Waals surface area contributed by atoms with Gasteiger partial charge in [-0.25, -0.2) is 4.79 Å². The third kappa shape index (κ3) is 4.76. The van der Waals surface area contributed by atoms with Gasteiger partial charge in [0.25, 0.3) is 5.89 Å². The van der Waals surface area contributed by atoms with Crippen molar-refractivity contribution in [1.82, 2.24) is 20.4 Å². The molecular formula is C26H30N4O4. The normalized spacial score (nSPS) is 16.1. The van der Waals surface area contributed by atoms with Crippen LogP contribution in [-0.2, 0) is 0 Å². The van der Waals surface area contributed by atoms with Crippen LogP contribution < -0.4 is 14.8 Å². The number of nitrogens with one attached hydrogen (secondary N) is 1. The molecule has 2 amide bonds. The second-order valence-electron chi connectivity index (χ2n) is 8.54. The summed E-state index contributed by atoms with van der Waals surface area (Å²) in [5, 5.41) is 7.34. The number of carbonyl (C=O) groups is 1. The van der Waals surface area contributed by atoms with Gasteiger partial charge < -0.3 is 19.3 Å². The Morgan fingerprint density at radius 2 is 1.91 bits per heavy atom. The van der Waals surface area contributed by atoms with Crippen LogP contribution in [0.1, 0.15) is 45.2 Å². The standard InChI is InChI=1S/C26H30N4O4/c1-6-33-20-12-10-18(11-13-20)24-28-25(34-29-24)22-17(4)30(15-16(2)3)26(31)27-23(22)19-8-7-9-21(14-19)32-5/h7-14,16,23H,6,15H2,1-5H3,(H,27,31). The van der Waals surface area contributed by atoms with Gasteiger partial charge in [-0.05, 0) is 61.7 Å². The first-order chi connectivity index (χ1) is 16.4. The lowest BCUT2D eigenvalue weighted by Gasteiger charge is -2.36. The molecule has 34 heavy (non-hydrogen) atoms. The van der Waals surface area contributed by atoms with Crippen LogP contribution >= 0.6 is 0 Å². The van der Waals surface area contributed by atoms with E-state index in [0.29, 0.717) is 30.6 Å². The van der Waals surface area contributed by atoms with Gasteiger partial charge in [0.15, 0.2) is 0 Å². The predicted molar refractivity (Wildman–Crippen MR) is 129 cm³/mol. The highest BCUT2D eigenvalue weighted by atomic mass is 16.5. The summed E-state index contributed by atoms with van der Waals surface area (Å²) < 4.78 is 16.7.